The average Bonchev–Trinajstić information content (AvgIpc) is 3.19. The number of anilines is 1. The van der Waals surface area contributed by atoms with E-state index < -0.39 is 10.0 Å². The summed E-state index contributed by atoms with van der Waals surface area (Å²) in [7, 11) is -1.77. The van der Waals surface area contributed by atoms with E-state index >= 15 is 0 Å². The maximum atomic E-state index is 12.8. The van der Waals surface area contributed by atoms with Crippen LogP contribution in [0.5, 0.6) is 0 Å². The highest BCUT2D eigenvalue weighted by Crippen LogP contribution is 2.33. The fraction of sp³-hybridized carbons (Fsp3) is 0.615. The Labute approximate surface area is 115 Å². The normalized spacial score (nSPS) is 16.1. The molecule has 6 heteroatoms. The van der Waals surface area contributed by atoms with Crippen molar-refractivity contribution >= 4 is 15.7 Å². The number of hydrogen-bond donors (Lipinski definition) is 1. The van der Waals surface area contributed by atoms with Crippen LogP contribution in [-0.2, 0) is 10.0 Å². The summed E-state index contributed by atoms with van der Waals surface area (Å²) in [4.78, 5) is 4.21. The van der Waals surface area contributed by atoms with Crippen molar-refractivity contribution in [3.05, 3.63) is 18.5 Å². The second kappa shape index (κ2) is 5.46. The van der Waals surface area contributed by atoms with Crippen LogP contribution in [-0.4, -0.2) is 37.3 Å². The Morgan fingerprint density at radius 1 is 1.47 bits per heavy atom. The van der Waals surface area contributed by atoms with E-state index in [1.165, 1.54) is 6.20 Å². The zero-order valence-corrected chi connectivity index (χ0v) is 12.4. The minimum absolute atomic E-state index is 0.0458. The number of sulfonamides is 1. The van der Waals surface area contributed by atoms with Crippen molar-refractivity contribution in [2.24, 2.45) is 5.92 Å². The molecular formula is C13H21N3O2S. The van der Waals surface area contributed by atoms with Crippen LogP contribution >= 0.6 is 0 Å². The van der Waals surface area contributed by atoms with Gasteiger partial charge >= 0.3 is 0 Å². The predicted octanol–water partition coefficient (Wildman–Crippen LogP) is 1.93. The monoisotopic (exact) mass is 283 g/mol. The molecule has 1 saturated carbocycles. The number of aromatic nitrogens is 1. The molecule has 1 heterocycles. The lowest BCUT2D eigenvalue weighted by Gasteiger charge is -2.26. The quantitative estimate of drug-likeness (QED) is 0.866. The molecule has 1 aliphatic carbocycles. The van der Waals surface area contributed by atoms with E-state index in [0.717, 1.165) is 12.8 Å². The third kappa shape index (κ3) is 3.06. The molecule has 0 atom stereocenters. The van der Waals surface area contributed by atoms with Gasteiger partial charge < -0.3 is 5.32 Å². The lowest BCUT2D eigenvalue weighted by atomic mass is 10.3. The molecule has 1 N–H and O–H groups in total. The molecule has 1 fully saturated rings. The van der Waals surface area contributed by atoms with Crippen LogP contribution in [0.3, 0.4) is 0 Å². The molecule has 0 aliphatic heterocycles. The van der Waals surface area contributed by atoms with E-state index in [2.05, 4.69) is 10.3 Å². The van der Waals surface area contributed by atoms with Crippen LogP contribution < -0.4 is 5.32 Å². The zero-order valence-electron chi connectivity index (χ0n) is 11.6. The highest BCUT2D eigenvalue weighted by Gasteiger charge is 2.34. The van der Waals surface area contributed by atoms with Crippen LogP contribution in [0.4, 0.5) is 5.69 Å². The Kier molecular flexibility index (Phi) is 4.10. The summed E-state index contributed by atoms with van der Waals surface area (Å²) in [6.45, 7) is 4.43. The topological polar surface area (TPSA) is 62.3 Å². The molecular weight excluding hydrogens is 262 g/mol. The maximum absolute atomic E-state index is 12.8. The highest BCUT2D eigenvalue weighted by atomic mass is 32.2. The van der Waals surface area contributed by atoms with Crippen LogP contribution in [0.15, 0.2) is 23.4 Å². The first-order valence-corrected chi connectivity index (χ1v) is 8.04. The molecule has 0 radical (unpaired) electrons. The molecule has 1 aromatic rings. The summed E-state index contributed by atoms with van der Waals surface area (Å²) in [5, 5.41) is 2.92. The molecule has 2 rings (SSSR count). The molecule has 1 aliphatic rings. The number of nitrogens with zero attached hydrogens (tertiary/aromatic N) is 2. The molecule has 0 bridgehead atoms. The first-order chi connectivity index (χ1) is 8.96. The smallest absolute Gasteiger partial charge is 0.246 e. The number of rotatable bonds is 6. The van der Waals surface area contributed by atoms with Gasteiger partial charge in [-0.3, -0.25) is 4.98 Å². The van der Waals surface area contributed by atoms with Crippen molar-refractivity contribution in [2.45, 2.75) is 37.6 Å². The van der Waals surface area contributed by atoms with Crippen LogP contribution in [0.2, 0.25) is 0 Å². The predicted molar refractivity (Wildman–Crippen MR) is 75.5 cm³/mol. The van der Waals surface area contributed by atoms with Gasteiger partial charge in [-0.2, -0.15) is 4.31 Å². The molecule has 0 unspecified atom stereocenters. The minimum atomic E-state index is -3.49. The van der Waals surface area contributed by atoms with Crippen LogP contribution in [0.25, 0.3) is 0 Å². The van der Waals surface area contributed by atoms with Crippen molar-refractivity contribution in [2.75, 3.05) is 18.9 Å². The van der Waals surface area contributed by atoms with Gasteiger partial charge in [-0.25, -0.2) is 8.42 Å². The molecule has 1 aromatic heterocycles. The van der Waals surface area contributed by atoms with Crippen molar-refractivity contribution in [3.63, 3.8) is 0 Å². The summed E-state index contributed by atoms with van der Waals surface area (Å²) in [6, 6.07) is 1.64. The van der Waals surface area contributed by atoms with E-state index in [-0.39, 0.29) is 10.9 Å². The summed E-state index contributed by atoms with van der Waals surface area (Å²) < 4.78 is 27.1. The fourth-order valence-corrected chi connectivity index (χ4v) is 3.92. The Morgan fingerprint density at radius 2 is 2.16 bits per heavy atom. The summed E-state index contributed by atoms with van der Waals surface area (Å²) in [5.41, 5.74) is 0.594. The lowest BCUT2D eigenvalue weighted by Crippen LogP contribution is -2.38. The van der Waals surface area contributed by atoms with Gasteiger partial charge in [0, 0.05) is 32.0 Å². The SMILES string of the molecule is CNc1ccncc1S(=O)(=O)N(CC1CC1)C(C)C. The fourth-order valence-electron chi connectivity index (χ4n) is 2.06. The summed E-state index contributed by atoms with van der Waals surface area (Å²) in [5.74, 6) is 0.520. The zero-order chi connectivity index (χ0) is 14.0. The van der Waals surface area contributed by atoms with Crippen LogP contribution in [0.1, 0.15) is 26.7 Å². The van der Waals surface area contributed by atoms with E-state index in [0.29, 0.717) is 18.2 Å². The first kappa shape index (κ1) is 14.3. The van der Waals surface area contributed by atoms with Crippen LogP contribution in [0, 0.1) is 5.92 Å². The number of nitrogens with one attached hydrogen (secondary N) is 1. The van der Waals surface area contributed by atoms with E-state index in [1.54, 1.807) is 23.6 Å². The van der Waals surface area contributed by atoms with Gasteiger partial charge in [-0.1, -0.05) is 0 Å². The molecule has 5 nitrogen and oxygen atoms in total. The van der Waals surface area contributed by atoms with E-state index in [9.17, 15) is 8.42 Å². The molecule has 0 amide bonds. The second-order valence-electron chi connectivity index (χ2n) is 5.23. The van der Waals surface area contributed by atoms with Gasteiger partial charge in [-0.15, -0.1) is 0 Å². The van der Waals surface area contributed by atoms with Crippen molar-refractivity contribution < 1.29 is 8.42 Å². The van der Waals surface area contributed by atoms with Gasteiger partial charge in [-0.05, 0) is 38.7 Å². The van der Waals surface area contributed by atoms with Gasteiger partial charge in [0.15, 0.2) is 0 Å². The van der Waals surface area contributed by atoms with Crippen molar-refractivity contribution in [1.82, 2.24) is 9.29 Å². The van der Waals surface area contributed by atoms with Crippen molar-refractivity contribution in [1.29, 1.82) is 0 Å². The Hall–Kier alpha value is -1.14. The molecule has 19 heavy (non-hydrogen) atoms. The number of pyridine rings is 1. The first-order valence-electron chi connectivity index (χ1n) is 6.60. The Morgan fingerprint density at radius 3 is 2.68 bits per heavy atom. The molecule has 0 spiro atoms. The van der Waals surface area contributed by atoms with Gasteiger partial charge in [0.1, 0.15) is 4.90 Å². The van der Waals surface area contributed by atoms with Gasteiger partial charge in [0.2, 0.25) is 10.0 Å². The maximum Gasteiger partial charge on any atom is 0.246 e. The summed E-state index contributed by atoms with van der Waals surface area (Å²) in [6.07, 6.45) is 5.27. The van der Waals surface area contributed by atoms with E-state index in [4.69, 9.17) is 0 Å². The molecule has 0 saturated heterocycles. The standard InChI is InChI=1S/C13H21N3O2S/c1-10(2)16(9-11-4-5-11)19(17,18)13-8-15-7-6-12(13)14-3/h6-8,10-11H,4-5,9H2,1-3H3,(H,14,15). The molecule has 106 valence electrons. The van der Waals surface area contributed by atoms with Crippen molar-refractivity contribution in [3.8, 4) is 0 Å². The van der Waals surface area contributed by atoms with E-state index in [1.807, 2.05) is 13.8 Å². The third-order valence-corrected chi connectivity index (χ3v) is 5.42. The van der Waals surface area contributed by atoms with Gasteiger partial charge in [0.25, 0.3) is 0 Å². The minimum Gasteiger partial charge on any atom is -0.387 e. The Bertz CT molecular complexity index is 539. The Balaban J connectivity index is 2.37. The lowest BCUT2D eigenvalue weighted by molar-refractivity contribution is 0.342. The molecule has 0 aromatic carbocycles. The largest absolute Gasteiger partial charge is 0.387 e. The third-order valence-electron chi connectivity index (χ3n) is 3.35. The summed E-state index contributed by atoms with van der Waals surface area (Å²) >= 11 is 0. The second-order valence-corrected chi connectivity index (χ2v) is 7.09. The average molecular weight is 283 g/mol. The van der Waals surface area contributed by atoms with Gasteiger partial charge in [0.05, 0.1) is 5.69 Å². The number of hydrogen-bond acceptors (Lipinski definition) is 4. The highest BCUT2D eigenvalue weighted by molar-refractivity contribution is 7.89.